The van der Waals surface area contributed by atoms with Crippen LogP contribution in [0.4, 0.5) is 4.39 Å². The molecule has 5 nitrogen and oxygen atoms in total. The lowest BCUT2D eigenvalue weighted by atomic mass is 10.1. The molecule has 2 aromatic carbocycles. The van der Waals surface area contributed by atoms with Crippen molar-refractivity contribution in [2.75, 3.05) is 0 Å². The molecule has 0 amide bonds. The first-order chi connectivity index (χ1) is 11.5. The average Bonchev–Trinajstić information content (AvgIpc) is 3.05. The van der Waals surface area contributed by atoms with Crippen LogP contribution in [0.3, 0.4) is 0 Å². The van der Waals surface area contributed by atoms with Crippen molar-refractivity contribution in [1.29, 1.82) is 0 Å². The number of ether oxygens (including phenoxy) is 1. The average molecular weight is 327 g/mol. The Morgan fingerprint density at radius 1 is 1.21 bits per heavy atom. The normalized spacial score (nSPS) is 16.2. The highest BCUT2D eigenvalue weighted by molar-refractivity contribution is 6.03. The van der Waals surface area contributed by atoms with E-state index in [0.29, 0.717) is 22.6 Å². The summed E-state index contributed by atoms with van der Waals surface area (Å²) in [6, 6.07) is 12.2. The maximum atomic E-state index is 13.2. The van der Waals surface area contributed by atoms with Crippen LogP contribution in [0, 0.1) is 5.82 Å². The van der Waals surface area contributed by atoms with Crippen molar-refractivity contribution in [3.63, 3.8) is 0 Å². The zero-order chi connectivity index (χ0) is 17.1. The van der Waals surface area contributed by atoms with E-state index in [1.54, 1.807) is 24.3 Å². The number of benzene rings is 2. The Bertz CT molecular complexity index is 814. The number of hydrogen-bond acceptors (Lipinski definition) is 5. The van der Waals surface area contributed by atoms with E-state index < -0.39 is 12.1 Å². The highest BCUT2D eigenvalue weighted by atomic mass is 19.1. The maximum absolute atomic E-state index is 13.2. The molecule has 6 heteroatoms. The lowest BCUT2D eigenvalue weighted by Gasteiger charge is -2.08. The number of esters is 1. The van der Waals surface area contributed by atoms with Crippen molar-refractivity contribution in [1.82, 2.24) is 0 Å². The Morgan fingerprint density at radius 2 is 1.96 bits per heavy atom. The fourth-order valence-electron chi connectivity index (χ4n) is 2.28. The minimum absolute atomic E-state index is 0.0693. The van der Waals surface area contributed by atoms with E-state index in [4.69, 9.17) is 9.57 Å². The fraction of sp³-hybridized carbons (Fsp3) is 0.167. The molecule has 122 valence electrons. The number of halogens is 1. The molecule has 0 N–H and O–H groups in total. The number of nitrogens with zero attached hydrogens (tertiary/aromatic N) is 1. The van der Waals surface area contributed by atoms with Crippen LogP contribution >= 0.6 is 0 Å². The monoisotopic (exact) mass is 327 g/mol. The van der Waals surface area contributed by atoms with Gasteiger partial charge in [-0.1, -0.05) is 17.3 Å². The Morgan fingerprint density at radius 3 is 2.62 bits per heavy atom. The summed E-state index contributed by atoms with van der Waals surface area (Å²) in [6.07, 6.45) is -0.677. The van der Waals surface area contributed by atoms with E-state index in [1.165, 1.54) is 31.2 Å². The summed E-state index contributed by atoms with van der Waals surface area (Å²) in [4.78, 5) is 28.4. The molecule has 0 saturated carbocycles. The van der Waals surface area contributed by atoms with Gasteiger partial charge in [0.1, 0.15) is 11.6 Å². The third-order valence-corrected chi connectivity index (χ3v) is 3.57. The molecule has 1 aliphatic heterocycles. The molecule has 0 fully saturated rings. The molecular formula is C18H14FNO4. The van der Waals surface area contributed by atoms with Gasteiger partial charge < -0.3 is 9.57 Å². The van der Waals surface area contributed by atoms with Crippen LogP contribution in [-0.2, 0) is 9.63 Å². The predicted molar refractivity (Wildman–Crippen MR) is 84.5 cm³/mol. The van der Waals surface area contributed by atoms with Crippen LogP contribution in [0.1, 0.15) is 29.3 Å². The lowest BCUT2D eigenvalue weighted by Crippen LogP contribution is -2.26. The zero-order valence-corrected chi connectivity index (χ0v) is 12.9. The third kappa shape index (κ3) is 3.48. The summed E-state index contributed by atoms with van der Waals surface area (Å²) < 4.78 is 18.5. The van der Waals surface area contributed by atoms with Gasteiger partial charge in [-0.15, -0.1) is 0 Å². The van der Waals surface area contributed by atoms with E-state index >= 15 is 0 Å². The zero-order valence-electron chi connectivity index (χ0n) is 12.9. The summed E-state index contributed by atoms with van der Waals surface area (Å²) >= 11 is 0. The first-order valence-electron chi connectivity index (χ1n) is 7.34. The van der Waals surface area contributed by atoms with Crippen molar-refractivity contribution in [2.45, 2.75) is 19.4 Å². The molecule has 0 aromatic heterocycles. The first-order valence-corrected chi connectivity index (χ1v) is 7.34. The van der Waals surface area contributed by atoms with Gasteiger partial charge >= 0.3 is 5.97 Å². The summed E-state index contributed by atoms with van der Waals surface area (Å²) in [5.74, 6) is -0.736. The van der Waals surface area contributed by atoms with Crippen LogP contribution in [0.5, 0.6) is 5.75 Å². The van der Waals surface area contributed by atoms with Crippen molar-refractivity contribution >= 4 is 17.5 Å². The number of oxime groups is 1. The number of carbonyl (C=O) groups is 2. The van der Waals surface area contributed by atoms with E-state index in [2.05, 4.69) is 5.16 Å². The molecule has 0 spiro atoms. The quantitative estimate of drug-likeness (QED) is 0.492. The first kappa shape index (κ1) is 15.9. The second kappa shape index (κ2) is 6.62. The number of ketones is 1. The third-order valence-electron chi connectivity index (χ3n) is 3.57. The fourth-order valence-corrected chi connectivity index (χ4v) is 2.28. The summed E-state index contributed by atoms with van der Waals surface area (Å²) in [6.45, 7) is 1.46. The highest BCUT2D eigenvalue weighted by Crippen LogP contribution is 2.20. The molecule has 0 radical (unpaired) electrons. The number of rotatable bonds is 4. The summed E-state index contributed by atoms with van der Waals surface area (Å²) in [7, 11) is 0. The Hall–Kier alpha value is -3.02. The van der Waals surface area contributed by atoms with Gasteiger partial charge in [0.05, 0.1) is 5.71 Å². The molecule has 1 heterocycles. The van der Waals surface area contributed by atoms with Gasteiger partial charge in [-0.05, 0) is 43.3 Å². The standard InChI is InChI=1S/C18H14FNO4/c1-11(21)12-5-7-15(8-6-12)23-18(22)17-10-16(20-24-17)13-3-2-4-14(19)9-13/h2-9,17H,10H2,1H3. The smallest absolute Gasteiger partial charge is 0.356 e. The van der Waals surface area contributed by atoms with Crippen molar-refractivity contribution in [2.24, 2.45) is 5.16 Å². The molecule has 2 aromatic rings. The minimum atomic E-state index is -0.879. The molecule has 1 atom stereocenters. The van der Waals surface area contributed by atoms with Crippen molar-refractivity contribution in [3.8, 4) is 5.75 Å². The lowest BCUT2D eigenvalue weighted by molar-refractivity contribution is -0.145. The number of Topliss-reactive ketones (excluding diaryl/α,β-unsaturated/α-hetero) is 1. The molecule has 0 aliphatic carbocycles. The van der Waals surface area contributed by atoms with E-state index in [-0.39, 0.29) is 18.0 Å². The Labute approximate surface area is 137 Å². The van der Waals surface area contributed by atoms with Crippen molar-refractivity contribution < 1.29 is 23.6 Å². The molecule has 0 saturated heterocycles. The van der Waals surface area contributed by atoms with E-state index in [9.17, 15) is 14.0 Å². The maximum Gasteiger partial charge on any atom is 0.356 e. The summed E-state index contributed by atoms with van der Waals surface area (Å²) in [5.41, 5.74) is 1.59. The van der Waals surface area contributed by atoms with Crippen LogP contribution in [0.15, 0.2) is 53.7 Å². The van der Waals surface area contributed by atoms with Gasteiger partial charge in [-0.3, -0.25) is 4.79 Å². The highest BCUT2D eigenvalue weighted by Gasteiger charge is 2.30. The number of carbonyl (C=O) groups excluding carboxylic acids is 2. The molecule has 3 rings (SSSR count). The Balaban J connectivity index is 1.62. The molecular weight excluding hydrogens is 313 g/mol. The molecule has 1 unspecified atom stereocenters. The van der Waals surface area contributed by atoms with E-state index in [1.807, 2.05) is 0 Å². The second-order valence-corrected chi connectivity index (χ2v) is 5.35. The van der Waals surface area contributed by atoms with Gasteiger partial charge in [0.15, 0.2) is 5.78 Å². The summed E-state index contributed by atoms with van der Waals surface area (Å²) in [5, 5.41) is 3.83. The second-order valence-electron chi connectivity index (χ2n) is 5.35. The van der Waals surface area contributed by atoms with Gasteiger partial charge in [-0.2, -0.15) is 0 Å². The molecule has 24 heavy (non-hydrogen) atoms. The molecule has 1 aliphatic rings. The van der Waals surface area contributed by atoms with Gasteiger partial charge in [0.2, 0.25) is 6.10 Å². The molecule has 0 bridgehead atoms. The van der Waals surface area contributed by atoms with Crippen LogP contribution < -0.4 is 4.74 Å². The Kier molecular flexibility index (Phi) is 4.37. The van der Waals surface area contributed by atoms with Gasteiger partial charge in [0, 0.05) is 17.5 Å². The van der Waals surface area contributed by atoms with Crippen LogP contribution in [0.25, 0.3) is 0 Å². The van der Waals surface area contributed by atoms with Crippen LogP contribution in [0.2, 0.25) is 0 Å². The number of hydrogen-bond donors (Lipinski definition) is 0. The van der Waals surface area contributed by atoms with Crippen molar-refractivity contribution in [3.05, 3.63) is 65.5 Å². The predicted octanol–water partition coefficient (Wildman–Crippen LogP) is 3.13. The van der Waals surface area contributed by atoms with E-state index in [0.717, 1.165) is 0 Å². The van der Waals surface area contributed by atoms with Gasteiger partial charge in [-0.25, -0.2) is 9.18 Å². The largest absolute Gasteiger partial charge is 0.424 e. The van der Waals surface area contributed by atoms with Gasteiger partial charge in [0.25, 0.3) is 0 Å². The van der Waals surface area contributed by atoms with Crippen LogP contribution in [-0.4, -0.2) is 23.6 Å². The minimum Gasteiger partial charge on any atom is -0.424 e. The topological polar surface area (TPSA) is 65.0 Å². The SMILES string of the molecule is CC(=O)c1ccc(OC(=O)C2CC(c3cccc(F)c3)=NO2)cc1.